The number of carbonyl (C=O) groups excluding carboxylic acids is 1. The van der Waals surface area contributed by atoms with E-state index >= 15 is 0 Å². The molecule has 0 atom stereocenters. The van der Waals surface area contributed by atoms with Gasteiger partial charge in [0.05, 0.1) is 29.6 Å². The molecular formula is C15H14N2O7S. The Labute approximate surface area is 143 Å². The minimum absolute atomic E-state index is 0.0496. The molecule has 10 heteroatoms. The summed E-state index contributed by atoms with van der Waals surface area (Å²) in [7, 11) is -1.58. The first kappa shape index (κ1) is 18.2. The number of hydrogen-bond donors (Lipinski definition) is 1. The highest BCUT2D eigenvalue weighted by molar-refractivity contribution is 7.92. The van der Waals surface area contributed by atoms with Gasteiger partial charge in [0, 0.05) is 11.8 Å². The summed E-state index contributed by atoms with van der Waals surface area (Å²) in [6.07, 6.45) is 0. The number of nitro benzene ring substituents is 1. The number of benzene rings is 2. The van der Waals surface area contributed by atoms with E-state index in [-0.39, 0.29) is 21.9 Å². The molecule has 0 radical (unpaired) electrons. The topological polar surface area (TPSA) is 125 Å². The highest BCUT2D eigenvalue weighted by Crippen LogP contribution is 2.30. The van der Waals surface area contributed by atoms with Crippen LogP contribution in [0.5, 0.6) is 5.75 Å². The Kier molecular flexibility index (Phi) is 5.22. The quantitative estimate of drug-likeness (QED) is 0.472. The molecule has 0 heterocycles. The van der Waals surface area contributed by atoms with E-state index in [9.17, 15) is 23.3 Å². The van der Waals surface area contributed by atoms with Gasteiger partial charge in [0.15, 0.2) is 5.75 Å². The van der Waals surface area contributed by atoms with Crippen molar-refractivity contribution >= 4 is 27.4 Å². The zero-order chi connectivity index (χ0) is 18.6. The lowest BCUT2D eigenvalue weighted by Gasteiger charge is -2.09. The maximum Gasteiger partial charge on any atom is 0.337 e. The number of hydrogen-bond acceptors (Lipinski definition) is 7. The van der Waals surface area contributed by atoms with E-state index < -0.39 is 26.6 Å². The first-order valence-corrected chi connectivity index (χ1v) is 8.30. The lowest BCUT2D eigenvalue weighted by Crippen LogP contribution is -2.13. The zero-order valence-corrected chi connectivity index (χ0v) is 14.1. The van der Waals surface area contributed by atoms with Crippen molar-refractivity contribution in [2.45, 2.75) is 4.90 Å². The van der Waals surface area contributed by atoms with Crippen molar-refractivity contribution in [3.8, 4) is 5.75 Å². The average molecular weight is 366 g/mol. The van der Waals surface area contributed by atoms with E-state index in [2.05, 4.69) is 9.46 Å². The number of esters is 1. The van der Waals surface area contributed by atoms with Crippen molar-refractivity contribution in [1.82, 2.24) is 0 Å². The Morgan fingerprint density at radius 3 is 2.28 bits per heavy atom. The summed E-state index contributed by atoms with van der Waals surface area (Å²) >= 11 is 0. The van der Waals surface area contributed by atoms with Crippen LogP contribution in [0.1, 0.15) is 10.4 Å². The fourth-order valence-corrected chi connectivity index (χ4v) is 3.06. The Bertz CT molecular complexity index is 908. The number of nitrogens with zero attached hydrogens (tertiary/aromatic N) is 1. The van der Waals surface area contributed by atoms with Crippen LogP contribution < -0.4 is 9.46 Å². The molecule has 0 aromatic heterocycles. The van der Waals surface area contributed by atoms with Crippen LogP contribution in [0.4, 0.5) is 11.4 Å². The first-order chi connectivity index (χ1) is 11.8. The molecule has 9 nitrogen and oxygen atoms in total. The highest BCUT2D eigenvalue weighted by atomic mass is 32.2. The largest absolute Gasteiger partial charge is 0.490 e. The van der Waals surface area contributed by atoms with Crippen molar-refractivity contribution in [2.75, 3.05) is 18.9 Å². The van der Waals surface area contributed by atoms with Crippen molar-refractivity contribution in [3.63, 3.8) is 0 Å². The monoisotopic (exact) mass is 366 g/mol. The van der Waals surface area contributed by atoms with Gasteiger partial charge < -0.3 is 9.47 Å². The van der Waals surface area contributed by atoms with Crippen molar-refractivity contribution < 1.29 is 27.6 Å². The molecule has 0 fully saturated rings. The highest BCUT2D eigenvalue weighted by Gasteiger charge is 2.22. The number of ether oxygens (including phenoxy) is 2. The average Bonchev–Trinajstić information content (AvgIpc) is 2.60. The molecule has 1 N–H and O–H groups in total. The predicted molar refractivity (Wildman–Crippen MR) is 88.2 cm³/mol. The van der Waals surface area contributed by atoms with Gasteiger partial charge in [-0.1, -0.05) is 0 Å². The van der Waals surface area contributed by atoms with Gasteiger partial charge in [-0.05, 0) is 36.4 Å². The van der Waals surface area contributed by atoms with Crippen molar-refractivity contribution in [3.05, 3.63) is 58.1 Å². The smallest absolute Gasteiger partial charge is 0.337 e. The number of sulfonamides is 1. The van der Waals surface area contributed by atoms with E-state index in [4.69, 9.17) is 4.74 Å². The molecule has 0 saturated carbocycles. The lowest BCUT2D eigenvalue weighted by atomic mass is 10.2. The van der Waals surface area contributed by atoms with Gasteiger partial charge in [-0.3, -0.25) is 14.8 Å². The van der Waals surface area contributed by atoms with Gasteiger partial charge >= 0.3 is 11.7 Å². The summed E-state index contributed by atoms with van der Waals surface area (Å²) in [5, 5.41) is 11.0. The SMILES string of the molecule is COC(=O)c1ccc(NS(=O)(=O)c2ccc(OC)c([N+](=O)[O-])c2)cc1. The van der Waals surface area contributed by atoms with Crippen molar-refractivity contribution in [2.24, 2.45) is 0 Å². The minimum atomic E-state index is -4.06. The van der Waals surface area contributed by atoms with E-state index in [1.165, 1.54) is 50.6 Å². The maximum absolute atomic E-state index is 12.4. The predicted octanol–water partition coefficient (Wildman–Crippen LogP) is 2.19. The van der Waals surface area contributed by atoms with Crippen LogP contribution in [0, 0.1) is 10.1 Å². The van der Waals surface area contributed by atoms with Crippen LogP contribution in [0.3, 0.4) is 0 Å². The zero-order valence-electron chi connectivity index (χ0n) is 13.3. The Hall–Kier alpha value is -3.14. The van der Waals surface area contributed by atoms with Gasteiger partial charge in [0.25, 0.3) is 10.0 Å². The van der Waals surface area contributed by atoms with Crippen LogP contribution in [0.25, 0.3) is 0 Å². The minimum Gasteiger partial charge on any atom is -0.490 e. The molecule has 0 aliphatic heterocycles. The summed E-state index contributed by atoms with van der Waals surface area (Å²) in [5.41, 5.74) is -0.0249. The van der Waals surface area contributed by atoms with Crippen LogP contribution in [0.2, 0.25) is 0 Å². The van der Waals surface area contributed by atoms with Gasteiger partial charge in [-0.15, -0.1) is 0 Å². The Morgan fingerprint density at radius 2 is 1.76 bits per heavy atom. The normalized spacial score (nSPS) is 10.8. The molecule has 2 aromatic rings. The molecule has 0 unspecified atom stereocenters. The van der Waals surface area contributed by atoms with Crippen LogP contribution in [-0.4, -0.2) is 33.5 Å². The number of nitrogens with one attached hydrogen (secondary N) is 1. The third-order valence-corrected chi connectivity index (χ3v) is 4.59. The summed E-state index contributed by atoms with van der Waals surface area (Å²) in [4.78, 5) is 21.3. The summed E-state index contributed by atoms with van der Waals surface area (Å²) < 4.78 is 36.4. The lowest BCUT2D eigenvalue weighted by molar-refractivity contribution is -0.386. The van der Waals surface area contributed by atoms with E-state index in [1.807, 2.05) is 0 Å². The van der Waals surface area contributed by atoms with Crippen LogP contribution in [0.15, 0.2) is 47.4 Å². The van der Waals surface area contributed by atoms with Gasteiger partial charge in [0.1, 0.15) is 0 Å². The molecule has 0 aliphatic carbocycles. The fourth-order valence-electron chi connectivity index (χ4n) is 1.99. The Balaban J connectivity index is 2.31. The van der Waals surface area contributed by atoms with Crippen LogP contribution >= 0.6 is 0 Å². The van der Waals surface area contributed by atoms with Gasteiger partial charge in [-0.25, -0.2) is 13.2 Å². The standard InChI is InChI=1S/C15H14N2O7S/c1-23-14-8-7-12(9-13(14)17(19)20)25(21,22)16-11-5-3-10(4-6-11)15(18)24-2/h3-9,16H,1-2H3. The number of anilines is 1. The molecule has 0 aliphatic rings. The van der Waals surface area contributed by atoms with Gasteiger partial charge in [0.2, 0.25) is 0 Å². The molecule has 0 bridgehead atoms. The number of nitro groups is 1. The second kappa shape index (κ2) is 7.18. The fraction of sp³-hybridized carbons (Fsp3) is 0.133. The molecule has 0 saturated heterocycles. The van der Waals surface area contributed by atoms with E-state index in [0.29, 0.717) is 0 Å². The number of carbonyl (C=O) groups is 1. The first-order valence-electron chi connectivity index (χ1n) is 6.82. The molecule has 25 heavy (non-hydrogen) atoms. The molecular weight excluding hydrogens is 352 g/mol. The summed E-state index contributed by atoms with van der Waals surface area (Å²) in [6, 6.07) is 8.83. The molecule has 2 rings (SSSR count). The summed E-state index contributed by atoms with van der Waals surface area (Å²) in [5.74, 6) is -0.605. The summed E-state index contributed by atoms with van der Waals surface area (Å²) in [6.45, 7) is 0. The molecule has 2 aromatic carbocycles. The second-order valence-electron chi connectivity index (χ2n) is 4.77. The van der Waals surface area contributed by atoms with E-state index in [0.717, 1.165) is 6.07 Å². The van der Waals surface area contributed by atoms with Gasteiger partial charge in [-0.2, -0.15) is 0 Å². The maximum atomic E-state index is 12.4. The van der Waals surface area contributed by atoms with Crippen molar-refractivity contribution in [1.29, 1.82) is 0 Å². The Morgan fingerprint density at radius 1 is 1.12 bits per heavy atom. The number of methoxy groups -OCH3 is 2. The second-order valence-corrected chi connectivity index (χ2v) is 6.45. The molecule has 132 valence electrons. The van der Waals surface area contributed by atoms with E-state index in [1.54, 1.807) is 0 Å². The third kappa shape index (κ3) is 4.04. The number of rotatable bonds is 6. The molecule has 0 amide bonds. The van der Waals surface area contributed by atoms with Crippen LogP contribution in [-0.2, 0) is 14.8 Å². The molecule has 0 spiro atoms. The third-order valence-electron chi connectivity index (χ3n) is 3.22.